The van der Waals surface area contributed by atoms with Crippen LogP contribution in [0.5, 0.6) is 5.75 Å². The molecule has 0 spiro atoms. The fourth-order valence-corrected chi connectivity index (χ4v) is 4.83. The summed E-state index contributed by atoms with van der Waals surface area (Å²) in [5, 5.41) is 3.67. The Balaban J connectivity index is 1.31. The van der Waals surface area contributed by atoms with E-state index in [9.17, 15) is 9.59 Å². The van der Waals surface area contributed by atoms with Gasteiger partial charge in [-0.3, -0.25) is 14.9 Å². The summed E-state index contributed by atoms with van der Waals surface area (Å²) in [5.41, 5.74) is 2.84. The molecule has 1 N–H and O–H groups in total. The maximum absolute atomic E-state index is 12.0. The lowest BCUT2D eigenvalue weighted by atomic mass is 10.00. The van der Waals surface area contributed by atoms with Gasteiger partial charge in [-0.15, -0.1) is 0 Å². The Morgan fingerprint density at radius 2 is 1.76 bits per heavy atom. The average Bonchev–Trinajstić information content (AvgIpc) is 3.36. The topological polar surface area (TPSA) is 81.4 Å². The number of carbonyl (C=O) groups excluding carboxylic acids is 2. The third kappa shape index (κ3) is 4.50. The van der Waals surface area contributed by atoms with E-state index in [1.54, 1.807) is 0 Å². The molecule has 1 aromatic heterocycles. The Morgan fingerprint density at radius 1 is 1.00 bits per heavy atom. The first-order valence-electron chi connectivity index (χ1n) is 10.7. The van der Waals surface area contributed by atoms with Crippen molar-refractivity contribution in [2.24, 2.45) is 0 Å². The number of ether oxygens (including phenoxy) is 1. The number of nitrogens with zero attached hydrogens (tertiary/aromatic N) is 1. The van der Waals surface area contributed by atoms with E-state index in [4.69, 9.17) is 9.15 Å². The van der Waals surface area contributed by atoms with Crippen LogP contribution in [0.25, 0.3) is 22.2 Å². The predicted molar refractivity (Wildman–Crippen MR) is 128 cm³/mol. The number of benzene rings is 3. The van der Waals surface area contributed by atoms with Gasteiger partial charge in [-0.05, 0) is 42.5 Å². The molecule has 0 bridgehead atoms. The molecule has 6 nitrogen and oxygen atoms in total. The summed E-state index contributed by atoms with van der Waals surface area (Å²) in [6.07, 6.45) is 1.11. The van der Waals surface area contributed by atoms with Gasteiger partial charge in [-0.2, -0.15) is 0 Å². The lowest BCUT2D eigenvalue weighted by Crippen LogP contribution is -2.25. The average molecular weight is 459 g/mol. The molecule has 5 rings (SSSR count). The first kappa shape index (κ1) is 21.3. The highest BCUT2D eigenvalue weighted by atomic mass is 32.2. The van der Waals surface area contributed by atoms with Crippen molar-refractivity contribution >= 4 is 33.7 Å². The van der Waals surface area contributed by atoms with E-state index in [1.165, 1.54) is 0 Å². The Labute approximate surface area is 195 Å². The van der Waals surface area contributed by atoms with Crippen molar-refractivity contribution in [3.8, 4) is 17.2 Å². The molecule has 2 heterocycles. The summed E-state index contributed by atoms with van der Waals surface area (Å²) < 4.78 is 12.0. The van der Waals surface area contributed by atoms with E-state index < -0.39 is 5.25 Å². The fraction of sp³-hybridized carbons (Fsp3) is 0.192. The first-order chi connectivity index (χ1) is 16.1. The van der Waals surface area contributed by atoms with Crippen LogP contribution in [-0.4, -0.2) is 28.0 Å². The number of amides is 2. The number of rotatable bonds is 7. The van der Waals surface area contributed by atoms with Crippen LogP contribution in [-0.2, 0) is 17.6 Å². The van der Waals surface area contributed by atoms with E-state index in [0.29, 0.717) is 25.3 Å². The molecule has 7 heteroatoms. The lowest BCUT2D eigenvalue weighted by Gasteiger charge is -2.13. The standard InChI is InChI=1S/C26H22N2O4S/c1-16-21(27-25(32-16)17-7-3-2-4-8-17)13-14-31-22-12-11-18(19-9-5-6-10-20(19)22)15-23-24(29)28-26(30)33-23/h2-12,23H,13-15H2,1H3,(H,28,29,30). The zero-order chi connectivity index (χ0) is 22.8. The van der Waals surface area contributed by atoms with Crippen LogP contribution < -0.4 is 10.1 Å². The Bertz CT molecular complexity index is 1330. The predicted octanol–water partition coefficient (Wildman–Crippen LogP) is 5.32. The monoisotopic (exact) mass is 458 g/mol. The molecule has 166 valence electrons. The molecule has 0 aliphatic carbocycles. The minimum atomic E-state index is -0.401. The van der Waals surface area contributed by atoms with Gasteiger partial charge in [0.2, 0.25) is 11.8 Å². The molecule has 1 atom stereocenters. The summed E-state index contributed by atoms with van der Waals surface area (Å²) in [7, 11) is 0. The van der Waals surface area contributed by atoms with Crippen LogP contribution in [0.3, 0.4) is 0 Å². The SMILES string of the molecule is Cc1oc(-c2ccccc2)nc1CCOc1ccc(CC2SC(=O)NC2=O)c2ccccc12. The molecule has 2 amide bonds. The van der Waals surface area contributed by atoms with Gasteiger partial charge in [-0.1, -0.05) is 60.3 Å². The van der Waals surface area contributed by atoms with E-state index in [0.717, 1.165) is 50.9 Å². The van der Waals surface area contributed by atoms with Crippen molar-refractivity contribution in [2.45, 2.75) is 25.0 Å². The number of thioether (sulfide) groups is 1. The molecule has 1 fully saturated rings. The Kier molecular flexibility index (Phi) is 5.88. The van der Waals surface area contributed by atoms with Gasteiger partial charge >= 0.3 is 0 Å². The number of imide groups is 1. The van der Waals surface area contributed by atoms with Crippen LogP contribution in [0.4, 0.5) is 4.79 Å². The number of aromatic nitrogens is 1. The number of hydrogen-bond donors (Lipinski definition) is 1. The van der Waals surface area contributed by atoms with Crippen LogP contribution >= 0.6 is 11.8 Å². The second kappa shape index (κ2) is 9.11. The minimum Gasteiger partial charge on any atom is -0.493 e. The van der Waals surface area contributed by atoms with Crippen LogP contribution in [0.1, 0.15) is 17.0 Å². The van der Waals surface area contributed by atoms with Gasteiger partial charge in [0.1, 0.15) is 11.5 Å². The van der Waals surface area contributed by atoms with Crippen molar-refractivity contribution < 1.29 is 18.7 Å². The second-order valence-corrected chi connectivity index (χ2v) is 9.02. The van der Waals surface area contributed by atoms with Gasteiger partial charge in [0.05, 0.1) is 17.6 Å². The van der Waals surface area contributed by atoms with Crippen LogP contribution in [0.2, 0.25) is 0 Å². The normalized spacial score (nSPS) is 15.7. The summed E-state index contributed by atoms with van der Waals surface area (Å²) in [4.78, 5) is 28.2. The van der Waals surface area contributed by atoms with Gasteiger partial charge < -0.3 is 9.15 Å². The van der Waals surface area contributed by atoms with E-state index in [2.05, 4.69) is 10.3 Å². The molecule has 1 unspecified atom stereocenters. The number of carbonyl (C=O) groups is 2. The molecular formula is C26H22N2O4S. The van der Waals surface area contributed by atoms with E-state index >= 15 is 0 Å². The van der Waals surface area contributed by atoms with Crippen molar-refractivity contribution in [1.82, 2.24) is 10.3 Å². The molecule has 1 aliphatic heterocycles. The highest BCUT2D eigenvalue weighted by molar-refractivity contribution is 8.15. The smallest absolute Gasteiger partial charge is 0.286 e. The third-order valence-corrected chi connectivity index (χ3v) is 6.64. The Morgan fingerprint density at radius 3 is 2.52 bits per heavy atom. The molecule has 4 aromatic rings. The summed E-state index contributed by atoms with van der Waals surface area (Å²) in [5.74, 6) is 1.95. The number of aryl methyl sites for hydroxylation is 1. The van der Waals surface area contributed by atoms with Crippen molar-refractivity contribution in [1.29, 1.82) is 0 Å². The molecule has 1 aliphatic rings. The van der Waals surface area contributed by atoms with Crippen molar-refractivity contribution in [2.75, 3.05) is 6.61 Å². The maximum Gasteiger partial charge on any atom is 0.286 e. The number of hydrogen-bond acceptors (Lipinski definition) is 6. The van der Waals surface area contributed by atoms with Gasteiger partial charge in [0.15, 0.2) is 0 Å². The van der Waals surface area contributed by atoms with Gasteiger partial charge in [0.25, 0.3) is 5.24 Å². The second-order valence-electron chi connectivity index (χ2n) is 7.84. The number of oxazole rings is 1. The zero-order valence-corrected chi connectivity index (χ0v) is 18.9. The van der Waals surface area contributed by atoms with Gasteiger partial charge in [-0.25, -0.2) is 4.98 Å². The lowest BCUT2D eigenvalue weighted by molar-refractivity contribution is -0.118. The van der Waals surface area contributed by atoms with Crippen LogP contribution in [0, 0.1) is 6.92 Å². The maximum atomic E-state index is 12.0. The molecular weight excluding hydrogens is 436 g/mol. The summed E-state index contributed by atoms with van der Waals surface area (Å²) in [6, 6.07) is 21.7. The van der Waals surface area contributed by atoms with E-state index in [-0.39, 0.29) is 11.1 Å². The zero-order valence-electron chi connectivity index (χ0n) is 18.0. The minimum absolute atomic E-state index is 0.229. The largest absolute Gasteiger partial charge is 0.493 e. The molecule has 0 radical (unpaired) electrons. The Hall–Kier alpha value is -3.58. The highest BCUT2D eigenvalue weighted by Crippen LogP contribution is 2.32. The highest BCUT2D eigenvalue weighted by Gasteiger charge is 2.32. The van der Waals surface area contributed by atoms with Gasteiger partial charge in [0, 0.05) is 17.4 Å². The summed E-state index contributed by atoms with van der Waals surface area (Å²) in [6.45, 7) is 2.38. The van der Waals surface area contributed by atoms with Crippen molar-refractivity contribution in [3.05, 3.63) is 83.7 Å². The van der Waals surface area contributed by atoms with Crippen LogP contribution in [0.15, 0.2) is 71.1 Å². The molecule has 0 saturated carbocycles. The molecule has 1 saturated heterocycles. The van der Waals surface area contributed by atoms with Crippen molar-refractivity contribution in [3.63, 3.8) is 0 Å². The molecule has 33 heavy (non-hydrogen) atoms. The van der Waals surface area contributed by atoms with E-state index in [1.807, 2.05) is 73.7 Å². The third-order valence-electron chi connectivity index (χ3n) is 5.66. The fourth-order valence-electron chi connectivity index (χ4n) is 3.99. The summed E-state index contributed by atoms with van der Waals surface area (Å²) >= 11 is 1.05. The quantitative estimate of drug-likeness (QED) is 0.404. The number of fused-ring (bicyclic) bond motifs is 1. The molecule has 3 aromatic carbocycles. The number of nitrogens with one attached hydrogen (secondary N) is 1. The first-order valence-corrected chi connectivity index (χ1v) is 11.6.